The van der Waals surface area contributed by atoms with Gasteiger partial charge in [-0.1, -0.05) is 35.5 Å². The number of carbonyl (C=O) groups excluding carboxylic acids is 1. The molecule has 2 aromatic rings. The Morgan fingerprint density at radius 2 is 1.81 bits per heavy atom. The van der Waals surface area contributed by atoms with Gasteiger partial charge in [-0.05, 0) is 5.56 Å². The molecule has 0 fully saturated rings. The fourth-order valence-corrected chi connectivity index (χ4v) is 2.75. The Morgan fingerprint density at radius 3 is 2.38 bits per heavy atom. The molecule has 0 spiro atoms. The molecule has 0 bridgehead atoms. The second kappa shape index (κ2) is 6.59. The average molecular weight is 356 g/mol. The fraction of sp³-hybridized carbons (Fsp3) is 0.125. The monoisotopic (exact) mass is 356 g/mol. The van der Waals surface area contributed by atoms with E-state index in [2.05, 4.69) is 9.99 Å². The number of hydrogen-bond acceptors (Lipinski definition) is 7. The van der Waals surface area contributed by atoms with E-state index in [1.54, 1.807) is 30.3 Å². The Bertz CT molecular complexity index is 941. The summed E-state index contributed by atoms with van der Waals surface area (Å²) in [5, 5.41) is 26.2. The quantitative estimate of drug-likeness (QED) is 0.597. The Hall–Kier alpha value is -3.82. The summed E-state index contributed by atoms with van der Waals surface area (Å²) in [6, 6.07) is 10.8. The van der Waals surface area contributed by atoms with Crippen molar-refractivity contribution in [3.05, 3.63) is 73.8 Å². The lowest BCUT2D eigenvalue weighted by Gasteiger charge is -2.16. The topological polar surface area (TPSA) is 128 Å². The van der Waals surface area contributed by atoms with Crippen LogP contribution >= 0.6 is 0 Å². The predicted octanol–water partition coefficient (Wildman–Crippen LogP) is 2.40. The van der Waals surface area contributed by atoms with Crippen molar-refractivity contribution in [1.29, 1.82) is 0 Å². The van der Waals surface area contributed by atoms with Gasteiger partial charge in [-0.2, -0.15) is 0 Å². The standard InChI is InChI=1S/C16H12N4O6/c1-26-17-14-12-7-11(19(22)23)8-13(20(24)25)15(12)18(16(14)21)9-10-5-3-2-4-6-10/h2-8H,9H2,1H3. The number of anilines is 1. The van der Waals surface area contributed by atoms with E-state index in [9.17, 15) is 25.0 Å². The van der Waals surface area contributed by atoms with Crippen molar-refractivity contribution in [2.75, 3.05) is 12.0 Å². The molecule has 1 aliphatic heterocycles. The molecule has 0 unspecified atom stereocenters. The average Bonchev–Trinajstić information content (AvgIpc) is 2.88. The summed E-state index contributed by atoms with van der Waals surface area (Å²) in [4.78, 5) is 39.6. The van der Waals surface area contributed by atoms with Crippen molar-refractivity contribution >= 4 is 28.7 Å². The summed E-state index contributed by atoms with van der Waals surface area (Å²) >= 11 is 0. The van der Waals surface area contributed by atoms with Gasteiger partial charge in [0.25, 0.3) is 11.6 Å². The van der Waals surface area contributed by atoms with Crippen LogP contribution in [0, 0.1) is 20.2 Å². The van der Waals surface area contributed by atoms with Crippen molar-refractivity contribution in [2.24, 2.45) is 5.16 Å². The molecule has 0 aliphatic carbocycles. The largest absolute Gasteiger partial charge is 0.398 e. The summed E-state index contributed by atoms with van der Waals surface area (Å²) in [6.07, 6.45) is 0. The van der Waals surface area contributed by atoms with Gasteiger partial charge in [0, 0.05) is 11.6 Å². The van der Waals surface area contributed by atoms with Crippen LogP contribution in [0.5, 0.6) is 0 Å². The van der Waals surface area contributed by atoms with Crippen LogP contribution in [0.25, 0.3) is 0 Å². The maximum Gasteiger partial charge on any atom is 0.300 e. The Morgan fingerprint density at radius 1 is 1.12 bits per heavy atom. The molecular weight excluding hydrogens is 344 g/mol. The van der Waals surface area contributed by atoms with Gasteiger partial charge in [0.15, 0.2) is 5.71 Å². The lowest BCUT2D eigenvalue weighted by atomic mass is 10.1. The smallest absolute Gasteiger partial charge is 0.300 e. The van der Waals surface area contributed by atoms with Crippen LogP contribution in [0.4, 0.5) is 17.1 Å². The molecule has 0 N–H and O–H groups in total. The summed E-state index contributed by atoms with van der Waals surface area (Å²) in [6.45, 7) is 0.0497. The lowest BCUT2D eigenvalue weighted by Crippen LogP contribution is -2.30. The van der Waals surface area contributed by atoms with Crippen molar-refractivity contribution in [2.45, 2.75) is 6.54 Å². The zero-order chi connectivity index (χ0) is 18.8. The Labute approximate surface area is 146 Å². The van der Waals surface area contributed by atoms with E-state index < -0.39 is 27.1 Å². The third kappa shape index (κ3) is 2.83. The molecule has 26 heavy (non-hydrogen) atoms. The normalized spacial score (nSPS) is 14.4. The third-order valence-electron chi connectivity index (χ3n) is 3.82. The zero-order valence-corrected chi connectivity index (χ0v) is 13.5. The molecule has 1 heterocycles. The van der Waals surface area contributed by atoms with Crippen LogP contribution < -0.4 is 4.90 Å². The molecule has 1 aliphatic rings. The van der Waals surface area contributed by atoms with Crippen molar-refractivity contribution in [3.63, 3.8) is 0 Å². The van der Waals surface area contributed by atoms with Gasteiger partial charge in [-0.15, -0.1) is 0 Å². The van der Waals surface area contributed by atoms with Gasteiger partial charge in [0.2, 0.25) is 0 Å². The summed E-state index contributed by atoms with van der Waals surface area (Å²) in [5.74, 6) is -0.630. The predicted molar refractivity (Wildman–Crippen MR) is 90.9 cm³/mol. The van der Waals surface area contributed by atoms with E-state index in [-0.39, 0.29) is 23.5 Å². The Kier molecular flexibility index (Phi) is 4.31. The number of fused-ring (bicyclic) bond motifs is 1. The molecule has 132 valence electrons. The first-order valence-corrected chi connectivity index (χ1v) is 7.38. The lowest BCUT2D eigenvalue weighted by molar-refractivity contribution is -0.393. The second-order valence-electron chi connectivity index (χ2n) is 5.37. The number of nitro benzene ring substituents is 2. The number of nitrogens with zero attached hydrogens (tertiary/aromatic N) is 4. The number of benzene rings is 2. The van der Waals surface area contributed by atoms with Gasteiger partial charge in [0.1, 0.15) is 12.8 Å². The molecule has 0 saturated carbocycles. The van der Waals surface area contributed by atoms with Gasteiger partial charge in [-0.3, -0.25) is 29.9 Å². The van der Waals surface area contributed by atoms with Gasteiger partial charge >= 0.3 is 5.69 Å². The number of hydrogen-bond donors (Lipinski definition) is 0. The minimum absolute atomic E-state index is 0.00585. The molecule has 10 heteroatoms. The van der Waals surface area contributed by atoms with Crippen molar-refractivity contribution in [3.8, 4) is 0 Å². The number of amides is 1. The van der Waals surface area contributed by atoms with E-state index in [0.29, 0.717) is 0 Å². The Balaban J connectivity index is 2.22. The number of rotatable bonds is 5. The van der Waals surface area contributed by atoms with Crippen molar-refractivity contribution in [1.82, 2.24) is 0 Å². The highest BCUT2D eigenvalue weighted by atomic mass is 16.6. The first-order chi connectivity index (χ1) is 12.4. The molecule has 3 rings (SSSR count). The third-order valence-corrected chi connectivity index (χ3v) is 3.82. The first kappa shape index (κ1) is 17.0. The number of nitro groups is 2. The molecule has 0 aromatic heterocycles. The van der Waals surface area contributed by atoms with E-state index in [1.807, 2.05) is 0 Å². The molecule has 2 aromatic carbocycles. The second-order valence-corrected chi connectivity index (χ2v) is 5.37. The van der Waals surface area contributed by atoms with Crippen LogP contribution in [0.2, 0.25) is 0 Å². The van der Waals surface area contributed by atoms with E-state index in [0.717, 1.165) is 17.7 Å². The first-order valence-electron chi connectivity index (χ1n) is 7.38. The summed E-state index contributed by atoms with van der Waals surface area (Å²) in [7, 11) is 1.21. The minimum Gasteiger partial charge on any atom is -0.398 e. The van der Waals surface area contributed by atoms with E-state index in [1.165, 1.54) is 12.0 Å². The number of non-ortho nitro benzene ring substituents is 1. The van der Waals surface area contributed by atoms with Crippen LogP contribution in [0.1, 0.15) is 11.1 Å². The molecular formula is C16H12N4O6. The molecule has 0 radical (unpaired) electrons. The number of carbonyl (C=O) groups is 1. The highest BCUT2D eigenvalue weighted by Gasteiger charge is 2.42. The maximum atomic E-state index is 12.7. The highest BCUT2D eigenvalue weighted by Crippen LogP contribution is 2.41. The summed E-state index contributed by atoms with van der Waals surface area (Å²) < 4.78 is 0. The number of oxime groups is 1. The fourth-order valence-electron chi connectivity index (χ4n) is 2.75. The van der Waals surface area contributed by atoms with Gasteiger partial charge < -0.3 is 4.84 Å². The van der Waals surface area contributed by atoms with Crippen molar-refractivity contribution < 1.29 is 19.5 Å². The van der Waals surface area contributed by atoms with Gasteiger partial charge in [0.05, 0.1) is 22.5 Å². The van der Waals surface area contributed by atoms with E-state index >= 15 is 0 Å². The zero-order valence-electron chi connectivity index (χ0n) is 13.5. The SMILES string of the molecule is CON=C1C(=O)N(Cc2ccccc2)c2c1cc([N+](=O)[O-])cc2[N+](=O)[O-]. The van der Waals surface area contributed by atoms with E-state index in [4.69, 9.17) is 0 Å². The molecule has 0 saturated heterocycles. The molecule has 1 amide bonds. The van der Waals surface area contributed by atoms with Gasteiger partial charge in [-0.25, -0.2) is 0 Å². The maximum absolute atomic E-state index is 12.7. The molecule has 0 atom stereocenters. The summed E-state index contributed by atoms with van der Waals surface area (Å²) in [5.41, 5.74) is -0.573. The highest BCUT2D eigenvalue weighted by molar-refractivity contribution is 6.54. The van der Waals surface area contributed by atoms with Crippen LogP contribution in [-0.4, -0.2) is 28.6 Å². The van der Waals surface area contributed by atoms with Crippen LogP contribution in [-0.2, 0) is 16.2 Å². The molecule has 10 nitrogen and oxygen atoms in total. The van der Waals surface area contributed by atoms with Crippen LogP contribution in [0.15, 0.2) is 47.6 Å². The minimum atomic E-state index is -0.762. The van der Waals surface area contributed by atoms with Crippen LogP contribution in [0.3, 0.4) is 0 Å².